The maximum absolute atomic E-state index is 14.1. The number of aliphatic imine (C=N–C) groups is 1. The highest BCUT2D eigenvalue weighted by Gasteiger charge is 2.55. The van der Waals surface area contributed by atoms with Crippen LogP contribution in [0.15, 0.2) is 47.5 Å². The molecular formula is C26H31F2N5O. The summed E-state index contributed by atoms with van der Waals surface area (Å²) in [6.45, 7) is 2.03. The molecule has 1 aliphatic carbocycles. The number of hydrogen-bond acceptors (Lipinski definition) is 4. The average molecular weight is 468 g/mol. The van der Waals surface area contributed by atoms with Crippen LogP contribution >= 0.6 is 0 Å². The van der Waals surface area contributed by atoms with Crippen molar-refractivity contribution in [3.05, 3.63) is 59.7 Å². The normalized spacial score (nSPS) is 24.5. The molecule has 2 aromatic carbocycles. The molecule has 0 bridgehead atoms. The number of nitrogens with one attached hydrogen (secondary N) is 1. The molecular weight excluding hydrogens is 436 g/mol. The van der Waals surface area contributed by atoms with Crippen molar-refractivity contribution in [3.63, 3.8) is 0 Å². The Morgan fingerprint density at radius 2 is 1.76 bits per heavy atom. The predicted octanol–water partition coefficient (Wildman–Crippen LogP) is 4.55. The summed E-state index contributed by atoms with van der Waals surface area (Å²) in [7, 11) is 4.02. The molecule has 34 heavy (non-hydrogen) atoms. The van der Waals surface area contributed by atoms with Gasteiger partial charge in [0.2, 0.25) is 0 Å². The number of halogens is 2. The van der Waals surface area contributed by atoms with Crippen molar-refractivity contribution < 1.29 is 13.6 Å². The van der Waals surface area contributed by atoms with Crippen LogP contribution in [0.1, 0.15) is 37.7 Å². The van der Waals surface area contributed by atoms with Crippen LogP contribution in [-0.2, 0) is 6.54 Å². The fraction of sp³-hybridized carbons (Fsp3) is 0.462. The van der Waals surface area contributed by atoms with Crippen LogP contribution in [-0.4, -0.2) is 55.5 Å². The lowest BCUT2D eigenvalue weighted by atomic mass is 9.95. The Hall–Kier alpha value is -3.00. The van der Waals surface area contributed by atoms with Crippen LogP contribution in [0.25, 0.3) is 0 Å². The number of amidine groups is 1. The molecule has 1 N–H and O–H groups in total. The number of rotatable bonds is 5. The van der Waals surface area contributed by atoms with Crippen molar-refractivity contribution in [2.24, 2.45) is 4.99 Å². The minimum absolute atomic E-state index is 0.184. The van der Waals surface area contributed by atoms with Gasteiger partial charge in [-0.25, -0.2) is 13.6 Å². The molecule has 2 amide bonds. The standard InChI is InChI=1S/C26H31F2N5O/c1-31(2)22-9-7-18(8-10-22)16-32-12-11-26(17-32)24(29-21-5-3-4-6-21)30-25(34)33(26)23-14-19(27)13-20(28)15-23/h7-10,13-15,21H,3-6,11-12,16-17H2,1-2H3,(H,29,30,34). The van der Waals surface area contributed by atoms with E-state index >= 15 is 0 Å². The summed E-state index contributed by atoms with van der Waals surface area (Å²) in [4.78, 5) is 24.0. The summed E-state index contributed by atoms with van der Waals surface area (Å²) >= 11 is 0. The Labute approximate surface area is 199 Å². The van der Waals surface area contributed by atoms with E-state index in [2.05, 4.69) is 39.4 Å². The lowest BCUT2D eigenvalue weighted by Gasteiger charge is -2.34. The van der Waals surface area contributed by atoms with Crippen LogP contribution in [0.4, 0.5) is 25.0 Å². The zero-order chi connectivity index (χ0) is 23.9. The molecule has 1 spiro atoms. The van der Waals surface area contributed by atoms with E-state index < -0.39 is 17.2 Å². The van der Waals surface area contributed by atoms with Gasteiger partial charge in [-0.1, -0.05) is 25.0 Å². The van der Waals surface area contributed by atoms with Gasteiger partial charge in [-0.3, -0.25) is 20.1 Å². The molecule has 2 saturated heterocycles. The van der Waals surface area contributed by atoms with Crippen LogP contribution in [0.2, 0.25) is 0 Å². The van der Waals surface area contributed by atoms with E-state index in [-0.39, 0.29) is 17.8 Å². The predicted molar refractivity (Wildman–Crippen MR) is 130 cm³/mol. The third-order valence-electron chi connectivity index (χ3n) is 7.22. The van der Waals surface area contributed by atoms with E-state index in [0.717, 1.165) is 50.5 Å². The summed E-state index contributed by atoms with van der Waals surface area (Å²) < 4.78 is 28.2. The maximum Gasteiger partial charge on any atom is 0.328 e. The van der Waals surface area contributed by atoms with E-state index in [1.54, 1.807) is 0 Å². The number of nitrogens with zero attached hydrogens (tertiary/aromatic N) is 4. The van der Waals surface area contributed by atoms with Crippen molar-refractivity contribution in [2.75, 3.05) is 37.0 Å². The first-order valence-electron chi connectivity index (χ1n) is 12.0. The molecule has 2 aliphatic heterocycles. The molecule has 8 heteroatoms. The van der Waals surface area contributed by atoms with Crippen molar-refractivity contribution in [1.29, 1.82) is 0 Å². The quantitative estimate of drug-likeness (QED) is 0.702. The minimum atomic E-state index is -0.760. The fourth-order valence-corrected chi connectivity index (χ4v) is 5.51. The Balaban J connectivity index is 1.46. The molecule has 3 aliphatic rings. The van der Waals surface area contributed by atoms with Crippen molar-refractivity contribution in [3.8, 4) is 0 Å². The first-order chi connectivity index (χ1) is 16.3. The van der Waals surface area contributed by atoms with Crippen molar-refractivity contribution in [2.45, 2.75) is 50.2 Å². The van der Waals surface area contributed by atoms with Gasteiger partial charge < -0.3 is 4.90 Å². The number of benzene rings is 2. The number of hydrogen-bond donors (Lipinski definition) is 1. The van der Waals surface area contributed by atoms with Gasteiger partial charge in [0.25, 0.3) is 0 Å². The summed E-state index contributed by atoms with van der Waals surface area (Å²) in [6.07, 6.45) is 4.93. The summed E-state index contributed by atoms with van der Waals surface area (Å²) in [6, 6.07) is 11.5. The van der Waals surface area contributed by atoms with E-state index in [1.165, 1.54) is 22.6 Å². The largest absolute Gasteiger partial charge is 0.378 e. The van der Waals surface area contributed by atoms with Gasteiger partial charge in [0.15, 0.2) is 0 Å². The van der Waals surface area contributed by atoms with Crippen LogP contribution in [0.3, 0.4) is 0 Å². The van der Waals surface area contributed by atoms with Gasteiger partial charge >= 0.3 is 6.03 Å². The van der Waals surface area contributed by atoms with Gasteiger partial charge in [-0.2, -0.15) is 0 Å². The highest BCUT2D eigenvalue weighted by Crippen LogP contribution is 2.39. The van der Waals surface area contributed by atoms with E-state index in [9.17, 15) is 13.6 Å². The number of anilines is 2. The minimum Gasteiger partial charge on any atom is -0.378 e. The monoisotopic (exact) mass is 467 g/mol. The first kappa shape index (κ1) is 22.8. The Morgan fingerprint density at radius 1 is 1.09 bits per heavy atom. The Morgan fingerprint density at radius 3 is 2.41 bits per heavy atom. The fourth-order valence-electron chi connectivity index (χ4n) is 5.51. The maximum atomic E-state index is 14.1. The van der Waals surface area contributed by atoms with Crippen molar-refractivity contribution >= 4 is 23.2 Å². The molecule has 1 atom stereocenters. The summed E-state index contributed by atoms with van der Waals surface area (Å²) in [5.41, 5.74) is 1.78. The van der Waals surface area contributed by atoms with Gasteiger partial charge in [0, 0.05) is 45.5 Å². The number of amides is 2. The average Bonchev–Trinajstić information content (AvgIpc) is 3.49. The van der Waals surface area contributed by atoms with Crippen LogP contribution in [0.5, 0.6) is 0 Å². The van der Waals surface area contributed by atoms with Crippen LogP contribution in [0, 0.1) is 11.6 Å². The molecule has 1 unspecified atom stereocenters. The lowest BCUT2D eigenvalue weighted by molar-refractivity contribution is 0.250. The zero-order valence-electron chi connectivity index (χ0n) is 19.7. The van der Waals surface area contributed by atoms with Crippen molar-refractivity contribution in [1.82, 2.24) is 10.2 Å². The topological polar surface area (TPSA) is 51.2 Å². The Kier molecular flexibility index (Phi) is 6.02. The summed E-state index contributed by atoms with van der Waals surface area (Å²) in [5.74, 6) is -0.760. The zero-order valence-corrected chi connectivity index (χ0v) is 19.7. The SMILES string of the molecule is CN(C)c1ccc(CN2CCC3(C2)C(=NC2CCCC2)NC(=O)N3c2cc(F)cc(F)c2)cc1. The molecule has 2 heterocycles. The molecule has 6 nitrogen and oxygen atoms in total. The smallest absolute Gasteiger partial charge is 0.328 e. The molecule has 180 valence electrons. The van der Waals surface area contributed by atoms with Gasteiger partial charge in [-0.05, 0) is 49.1 Å². The van der Waals surface area contributed by atoms with Gasteiger partial charge in [-0.15, -0.1) is 0 Å². The highest BCUT2D eigenvalue weighted by molar-refractivity contribution is 6.19. The number of likely N-dealkylation sites (tertiary alicyclic amines) is 1. The van der Waals surface area contributed by atoms with E-state index in [0.29, 0.717) is 18.8 Å². The molecule has 5 rings (SSSR count). The molecule has 0 radical (unpaired) electrons. The molecule has 0 aromatic heterocycles. The van der Waals surface area contributed by atoms with Gasteiger partial charge in [0.1, 0.15) is 23.0 Å². The summed E-state index contributed by atoms with van der Waals surface area (Å²) in [5, 5.41) is 2.97. The molecule has 3 fully saturated rings. The van der Waals surface area contributed by atoms with E-state index in [4.69, 9.17) is 4.99 Å². The third kappa shape index (κ3) is 4.27. The number of urea groups is 1. The second-order valence-corrected chi connectivity index (χ2v) is 9.86. The second-order valence-electron chi connectivity index (χ2n) is 9.86. The highest BCUT2D eigenvalue weighted by atomic mass is 19.1. The Bertz CT molecular complexity index is 1080. The molecule has 2 aromatic rings. The van der Waals surface area contributed by atoms with Gasteiger partial charge in [0.05, 0.1) is 11.7 Å². The first-order valence-corrected chi connectivity index (χ1v) is 12.0. The molecule has 1 saturated carbocycles. The van der Waals surface area contributed by atoms with Crippen LogP contribution < -0.4 is 15.1 Å². The number of carbonyl (C=O) groups excluding carboxylic acids is 1. The van der Waals surface area contributed by atoms with E-state index in [1.807, 2.05) is 14.1 Å². The third-order valence-corrected chi connectivity index (χ3v) is 7.22. The lowest BCUT2D eigenvalue weighted by Crippen LogP contribution is -2.52. The second kappa shape index (κ2) is 8.98. The number of carbonyl (C=O) groups is 1.